The number of benzene rings is 2. The number of pyridine rings is 2. The fourth-order valence-electron chi connectivity index (χ4n) is 3.57. The summed E-state index contributed by atoms with van der Waals surface area (Å²) in [5.74, 6) is 0.598. The minimum absolute atomic E-state index is 0.0898. The first-order valence-electron chi connectivity index (χ1n) is 10.2. The summed E-state index contributed by atoms with van der Waals surface area (Å²) in [6.07, 6.45) is 1.59. The van der Waals surface area contributed by atoms with Crippen LogP contribution in [0, 0.1) is 6.92 Å². The summed E-state index contributed by atoms with van der Waals surface area (Å²) >= 11 is 0. The molecule has 0 unspecified atom stereocenters. The van der Waals surface area contributed by atoms with Crippen LogP contribution in [0.3, 0.4) is 0 Å². The van der Waals surface area contributed by atoms with Gasteiger partial charge in [0.2, 0.25) is 11.9 Å². The highest BCUT2D eigenvalue weighted by Crippen LogP contribution is 2.32. The van der Waals surface area contributed by atoms with Crippen molar-refractivity contribution in [1.82, 2.24) is 4.98 Å². The number of hydrogen-bond acceptors (Lipinski definition) is 3. The van der Waals surface area contributed by atoms with Crippen molar-refractivity contribution in [2.75, 3.05) is 0 Å². The number of rotatable bonds is 4. The van der Waals surface area contributed by atoms with Crippen molar-refractivity contribution in [2.45, 2.75) is 39.7 Å². The van der Waals surface area contributed by atoms with Gasteiger partial charge in [0.1, 0.15) is 12.1 Å². The van der Waals surface area contributed by atoms with E-state index in [9.17, 15) is 5.21 Å². The highest BCUT2D eigenvalue weighted by Gasteiger charge is 2.20. The minimum Gasteiger partial charge on any atom is -0.482 e. The van der Waals surface area contributed by atoms with Crippen LogP contribution in [0.4, 0.5) is 0 Å². The largest absolute Gasteiger partial charge is 0.482 e. The highest BCUT2D eigenvalue weighted by molar-refractivity contribution is 5.82. The molecule has 0 atom stereocenters. The summed E-state index contributed by atoms with van der Waals surface area (Å²) in [7, 11) is 0. The molecule has 30 heavy (non-hydrogen) atoms. The van der Waals surface area contributed by atoms with Gasteiger partial charge >= 0.3 is 5.52 Å². The molecule has 152 valence electrons. The molecule has 0 aliphatic carbocycles. The molecule has 0 aliphatic rings. The van der Waals surface area contributed by atoms with E-state index in [0.717, 1.165) is 27.1 Å². The van der Waals surface area contributed by atoms with Crippen LogP contribution < -0.4 is 9.47 Å². The average Bonchev–Trinajstić information content (AvgIpc) is 2.72. The summed E-state index contributed by atoms with van der Waals surface area (Å²) < 4.78 is 7.22. The summed E-state index contributed by atoms with van der Waals surface area (Å²) in [5.41, 5.74) is 6.73. The number of nitrogens with zero attached hydrogens (tertiary/aromatic N) is 2. The Balaban J connectivity index is 1.80. The van der Waals surface area contributed by atoms with Gasteiger partial charge in [-0.05, 0) is 35.1 Å². The number of aromatic nitrogens is 2. The van der Waals surface area contributed by atoms with Gasteiger partial charge in [-0.1, -0.05) is 69.3 Å². The number of fused-ring (bicyclic) bond motifs is 1. The summed E-state index contributed by atoms with van der Waals surface area (Å²) in [4.78, 5) is 4.81. The Morgan fingerprint density at radius 1 is 0.967 bits per heavy atom. The van der Waals surface area contributed by atoms with Crippen molar-refractivity contribution >= 4 is 11.0 Å². The van der Waals surface area contributed by atoms with Crippen LogP contribution in [0.15, 0.2) is 72.9 Å². The zero-order valence-electron chi connectivity index (χ0n) is 17.9. The topological polar surface area (TPSA) is 46.2 Å². The molecule has 2 aromatic carbocycles. The third-order valence-electron chi connectivity index (χ3n) is 5.30. The molecule has 0 amide bonds. The Morgan fingerprint density at radius 3 is 2.43 bits per heavy atom. The van der Waals surface area contributed by atoms with E-state index in [4.69, 9.17) is 9.72 Å². The van der Waals surface area contributed by atoms with Crippen molar-refractivity contribution in [1.29, 1.82) is 0 Å². The minimum atomic E-state index is 0.0898. The van der Waals surface area contributed by atoms with Gasteiger partial charge in [-0.2, -0.15) is 0 Å². The second-order valence-electron chi connectivity index (χ2n) is 8.65. The molecule has 1 N–H and O–H groups in total. The molecule has 0 saturated carbocycles. The molecule has 2 aromatic heterocycles. The van der Waals surface area contributed by atoms with E-state index in [2.05, 4.69) is 45.9 Å². The second kappa shape index (κ2) is 7.79. The quantitative estimate of drug-likeness (QED) is 0.358. The van der Waals surface area contributed by atoms with Gasteiger partial charge in [0, 0.05) is 22.4 Å². The third-order valence-corrected chi connectivity index (χ3v) is 5.30. The van der Waals surface area contributed by atoms with Crippen LogP contribution in [0.1, 0.15) is 37.5 Å². The molecule has 0 radical (unpaired) electrons. The molecule has 4 aromatic rings. The van der Waals surface area contributed by atoms with E-state index in [1.165, 1.54) is 5.56 Å². The van der Waals surface area contributed by atoms with Crippen molar-refractivity contribution in [3.05, 3.63) is 89.6 Å². The first-order valence-corrected chi connectivity index (χ1v) is 10.2. The summed E-state index contributed by atoms with van der Waals surface area (Å²) in [6.45, 7) is 9.16. The van der Waals surface area contributed by atoms with Crippen LogP contribution in [-0.2, 0) is 12.0 Å². The van der Waals surface area contributed by atoms with Crippen molar-refractivity contribution < 1.29 is 14.7 Å². The smallest absolute Gasteiger partial charge is 0.324 e. The molecule has 0 saturated heterocycles. The fraction of sp³-hybridized carbons (Fsp3) is 0.231. The molecule has 0 fully saturated rings. The van der Waals surface area contributed by atoms with Gasteiger partial charge in [-0.25, -0.2) is 4.98 Å². The highest BCUT2D eigenvalue weighted by atomic mass is 16.5. The zero-order chi connectivity index (χ0) is 21.3. The lowest BCUT2D eigenvalue weighted by Gasteiger charge is -2.20. The lowest BCUT2D eigenvalue weighted by Crippen LogP contribution is -2.30. The van der Waals surface area contributed by atoms with Gasteiger partial charge in [-0.15, -0.1) is 0 Å². The van der Waals surface area contributed by atoms with Gasteiger partial charge < -0.3 is 4.74 Å². The predicted octanol–water partition coefficient (Wildman–Crippen LogP) is 5.61. The maximum Gasteiger partial charge on any atom is 0.324 e. The third kappa shape index (κ3) is 3.99. The second-order valence-corrected chi connectivity index (χ2v) is 8.65. The van der Waals surface area contributed by atoms with Crippen LogP contribution in [0.5, 0.6) is 5.75 Å². The molecule has 4 rings (SSSR count). The Hall–Kier alpha value is -3.40. The number of ether oxygens (including phenoxy) is 1. The molecule has 4 nitrogen and oxygen atoms in total. The monoisotopic (exact) mass is 399 g/mol. The molecule has 0 bridgehead atoms. The van der Waals surface area contributed by atoms with Crippen LogP contribution in [0.25, 0.3) is 22.3 Å². The Kier molecular flexibility index (Phi) is 5.17. The molecule has 4 heteroatoms. The van der Waals surface area contributed by atoms with E-state index in [1.54, 1.807) is 12.3 Å². The van der Waals surface area contributed by atoms with Gasteiger partial charge in [0.15, 0.2) is 0 Å². The Morgan fingerprint density at radius 2 is 1.73 bits per heavy atom. The maximum atomic E-state index is 10.4. The molecular weight excluding hydrogens is 372 g/mol. The average molecular weight is 400 g/mol. The van der Waals surface area contributed by atoms with Crippen molar-refractivity contribution in [3.8, 4) is 17.0 Å². The molecule has 2 heterocycles. The normalized spacial score (nSPS) is 11.6. The first-order chi connectivity index (χ1) is 14.3. The van der Waals surface area contributed by atoms with Gasteiger partial charge in [0.25, 0.3) is 0 Å². The van der Waals surface area contributed by atoms with Crippen LogP contribution in [0.2, 0.25) is 0 Å². The summed E-state index contributed by atoms with van der Waals surface area (Å²) in [6, 6.07) is 22.1. The lowest BCUT2D eigenvalue weighted by molar-refractivity contribution is -0.884. The number of aryl methyl sites for hydroxylation is 1. The first kappa shape index (κ1) is 19.9. The van der Waals surface area contributed by atoms with Crippen molar-refractivity contribution in [2.24, 2.45) is 0 Å². The Labute approximate surface area is 177 Å². The Bertz CT molecular complexity index is 1200. The van der Waals surface area contributed by atoms with Gasteiger partial charge in [0.05, 0.1) is 5.69 Å². The van der Waals surface area contributed by atoms with Crippen LogP contribution in [-0.4, -0.2) is 10.2 Å². The van der Waals surface area contributed by atoms with Gasteiger partial charge in [-0.3, -0.25) is 5.21 Å². The summed E-state index contributed by atoms with van der Waals surface area (Å²) in [5, 5.41) is 10.4. The lowest BCUT2D eigenvalue weighted by atomic mass is 9.85. The molecule has 0 aliphatic heterocycles. The number of hydrogen-bond donors (Lipinski definition) is 1. The standard InChI is InChI=1S/C26H27N2O2/c1-18-15-20(26(2,3)4)12-13-21(18)23-16-24(30-17-19-9-6-5-7-10-19)25-22(27-23)11-8-14-28(25)29/h5-16,29H,17H2,1-4H3/q+1. The van der Waals surface area contributed by atoms with E-state index in [1.807, 2.05) is 42.5 Å². The van der Waals surface area contributed by atoms with E-state index >= 15 is 0 Å². The van der Waals surface area contributed by atoms with Crippen molar-refractivity contribution in [3.63, 3.8) is 0 Å². The maximum absolute atomic E-state index is 10.4. The van der Waals surface area contributed by atoms with E-state index < -0.39 is 0 Å². The SMILES string of the molecule is Cc1cc(C(C)(C)C)ccc1-c1cc(OCc2ccccc2)c2c(ccc[n+]2O)n1. The van der Waals surface area contributed by atoms with E-state index in [0.29, 0.717) is 23.4 Å². The predicted molar refractivity (Wildman–Crippen MR) is 119 cm³/mol. The van der Waals surface area contributed by atoms with Crippen LogP contribution >= 0.6 is 0 Å². The molecule has 0 spiro atoms. The molecular formula is C26H27N2O2+. The van der Waals surface area contributed by atoms with E-state index in [-0.39, 0.29) is 5.41 Å². The fourth-order valence-corrected chi connectivity index (χ4v) is 3.57. The zero-order valence-corrected chi connectivity index (χ0v) is 17.9.